The number of carbonyl (C=O) groups is 1. The van der Waals surface area contributed by atoms with Crippen molar-refractivity contribution in [2.75, 3.05) is 13.6 Å². The molecule has 1 aliphatic heterocycles. The van der Waals surface area contributed by atoms with Gasteiger partial charge in [-0.15, -0.1) is 0 Å². The van der Waals surface area contributed by atoms with Gasteiger partial charge >= 0.3 is 0 Å². The van der Waals surface area contributed by atoms with Gasteiger partial charge < -0.3 is 14.5 Å². The molecule has 3 rings (SSSR count). The van der Waals surface area contributed by atoms with Gasteiger partial charge in [0.15, 0.2) is 0 Å². The van der Waals surface area contributed by atoms with Crippen molar-refractivity contribution in [3.8, 4) is 0 Å². The largest absolute Gasteiger partial charge is 0.341 e. The number of amides is 1. The maximum Gasteiger partial charge on any atom is 0.253 e. The van der Waals surface area contributed by atoms with E-state index in [0.717, 1.165) is 25.2 Å². The van der Waals surface area contributed by atoms with Crippen molar-refractivity contribution < 1.29 is 4.79 Å². The van der Waals surface area contributed by atoms with Crippen LogP contribution < -0.4 is 5.56 Å². The summed E-state index contributed by atoms with van der Waals surface area (Å²) in [6.07, 6.45) is 5.79. The molecular formula is C16H20N4O2. The fraction of sp³-hybridized carbons (Fsp3) is 0.438. The van der Waals surface area contributed by atoms with Crippen LogP contribution in [0.25, 0.3) is 0 Å². The quantitative estimate of drug-likeness (QED) is 0.926. The van der Waals surface area contributed by atoms with Crippen LogP contribution in [0.2, 0.25) is 0 Å². The van der Waals surface area contributed by atoms with E-state index in [0.29, 0.717) is 23.7 Å². The van der Waals surface area contributed by atoms with Gasteiger partial charge in [-0.2, -0.15) is 0 Å². The third-order valence-electron chi connectivity index (χ3n) is 4.14. The van der Waals surface area contributed by atoms with Crippen LogP contribution in [0.5, 0.6) is 0 Å². The Kier molecular flexibility index (Phi) is 3.83. The fourth-order valence-electron chi connectivity index (χ4n) is 3.08. The van der Waals surface area contributed by atoms with E-state index in [1.807, 2.05) is 12.4 Å². The molecule has 0 saturated carbocycles. The second kappa shape index (κ2) is 5.79. The molecule has 2 aromatic heterocycles. The van der Waals surface area contributed by atoms with Gasteiger partial charge in [0.05, 0.1) is 0 Å². The molecule has 0 saturated heterocycles. The van der Waals surface area contributed by atoms with E-state index in [9.17, 15) is 9.59 Å². The molecule has 1 amide bonds. The molecule has 6 heteroatoms. The smallest absolute Gasteiger partial charge is 0.253 e. The van der Waals surface area contributed by atoms with Gasteiger partial charge in [0.1, 0.15) is 5.82 Å². The van der Waals surface area contributed by atoms with Crippen molar-refractivity contribution in [3.63, 3.8) is 0 Å². The molecule has 6 nitrogen and oxygen atoms in total. The predicted octanol–water partition coefficient (Wildman–Crippen LogP) is 1.21. The summed E-state index contributed by atoms with van der Waals surface area (Å²) in [4.78, 5) is 32.7. The van der Waals surface area contributed by atoms with Crippen molar-refractivity contribution >= 4 is 5.91 Å². The minimum absolute atomic E-state index is 0.106. The van der Waals surface area contributed by atoms with Gasteiger partial charge in [0.2, 0.25) is 5.56 Å². The lowest BCUT2D eigenvalue weighted by atomic mass is 9.98. The lowest BCUT2D eigenvalue weighted by Gasteiger charge is -2.28. The number of carbonyl (C=O) groups excluding carboxylic acids is 1. The number of hydrogen-bond donors (Lipinski definition) is 1. The average molecular weight is 300 g/mol. The monoisotopic (exact) mass is 300 g/mol. The molecule has 0 radical (unpaired) electrons. The van der Waals surface area contributed by atoms with E-state index >= 15 is 0 Å². The normalized spacial score (nSPS) is 17.1. The Labute approximate surface area is 128 Å². The predicted molar refractivity (Wildman–Crippen MR) is 82.8 cm³/mol. The van der Waals surface area contributed by atoms with E-state index < -0.39 is 0 Å². The highest BCUT2D eigenvalue weighted by atomic mass is 16.2. The van der Waals surface area contributed by atoms with Crippen LogP contribution in [0, 0.1) is 12.8 Å². The van der Waals surface area contributed by atoms with Crippen LogP contribution in [0.3, 0.4) is 0 Å². The average Bonchev–Trinajstić information content (AvgIpc) is 2.93. The Morgan fingerprint density at radius 2 is 2.32 bits per heavy atom. The highest BCUT2D eigenvalue weighted by Crippen LogP contribution is 2.20. The summed E-state index contributed by atoms with van der Waals surface area (Å²) in [5.74, 6) is 1.43. The number of rotatable bonds is 3. The highest BCUT2D eigenvalue weighted by Gasteiger charge is 2.22. The van der Waals surface area contributed by atoms with Crippen LogP contribution >= 0.6 is 0 Å². The van der Waals surface area contributed by atoms with E-state index in [1.54, 1.807) is 24.9 Å². The van der Waals surface area contributed by atoms with Gasteiger partial charge in [-0.3, -0.25) is 9.59 Å². The Balaban J connectivity index is 1.68. The lowest BCUT2D eigenvalue weighted by Crippen LogP contribution is -2.35. The molecule has 116 valence electrons. The second-order valence-electron chi connectivity index (χ2n) is 6.00. The van der Waals surface area contributed by atoms with Gasteiger partial charge in [-0.1, -0.05) is 0 Å². The molecule has 1 atom stereocenters. The zero-order valence-corrected chi connectivity index (χ0v) is 12.9. The standard InChI is InChI=1S/C16H20N4O2/c1-11-7-13(8-15(21)18-11)16(22)19(2)9-12-3-4-14-17-5-6-20(14)10-12/h5-8,12H,3-4,9-10H2,1-2H3,(H,18,21)/t12-/m0/s1. The number of pyridine rings is 1. The van der Waals surface area contributed by atoms with E-state index in [4.69, 9.17) is 0 Å². The number of aromatic amines is 1. The SMILES string of the molecule is Cc1cc(C(=O)N(C)C[C@@H]2CCc3nccn3C2)cc(=O)[nH]1. The van der Waals surface area contributed by atoms with Crippen LogP contribution in [0.15, 0.2) is 29.3 Å². The number of aromatic nitrogens is 3. The van der Waals surface area contributed by atoms with E-state index in [2.05, 4.69) is 14.5 Å². The number of nitrogens with one attached hydrogen (secondary N) is 1. The first-order chi connectivity index (χ1) is 10.5. The van der Waals surface area contributed by atoms with Gasteiger partial charge in [-0.25, -0.2) is 4.98 Å². The molecule has 2 aromatic rings. The first kappa shape index (κ1) is 14.6. The summed E-state index contributed by atoms with van der Waals surface area (Å²) < 4.78 is 2.16. The summed E-state index contributed by atoms with van der Waals surface area (Å²) >= 11 is 0. The summed E-state index contributed by atoms with van der Waals surface area (Å²) in [5, 5.41) is 0. The Bertz CT molecular complexity index is 747. The van der Waals surface area contributed by atoms with Crippen molar-refractivity contribution in [3.05, 3.63) is 52.0 Å². The van der Waals surface area contributed by atoms with Gasteiger partial charge in [0.25, 0.3) is 5.91 Å². The third-order valence-corrected chi connectivity index (χ3v) is 4.14. The number of aryl methyl sites for hydroxylation is 2. The molecule has 3 heterocycles. The Morgan fingerprint density at radius 1 is 1.50 bits per heavy atom. The van der Waals surface area contributed by atoms with Crippen molar-refractivity contribution in [1.82, 2.24) is 19.4 Å². The molecule has 1 aliphatic rings. The molecule has 0 unspecified atom stereocenters. The molecule has 0 spiro atoms. The second-order valence-corrected chi connectivity index (χ2v) is 6.00. The Hall–Kier alpha value is -2.37. The molecule has 0 bridgehead atoms. The number of nitrogens with zero attached hydrogens (tertiary/aromatic N) is 3. The molecule has 0 fully saturated rings. The first-order valence-corrected chi connectivity index (χ1v) is 7.49. The first-order valence-electron chi connectivity index (χ1n) is 7.49. The van der Waals surface area contributed by atoms with Crippen LogP contribution in [-0.4, -0.2) is 38.9 Å². The number of H-pyrrole nitrogens is 1. The maximum absolute atomic E-state index is 12.5. The summed E-state index contributed by atoms with van der Waals surface area (Å²) in [6, 6.07) is 3.08. The van der Waals surface area contributed by atoms with Gasteiger partial charge in [0, 0.05) is 56.3 Å². The number of imidazole rings is 1. The van der Waals surface area contributed by atoms with E-state index in [1.165, 1.54) is 6.07 Å². The molecule has 1 N–H and O–H groups in total. The van der Waals surface area contributed by atoms with Crippen LogP contribution in [0.1, 0.15) is 28.3 Å². The molecule has 0 aromatic carbocycles. The highest BCUT2D eigenvalue weighted by molar-refractivity contribution is 5.94. The number of hydrogen-bond acceptors (Lipinski definition) is 3. The van der Waals surface area contributed by atoms with Gasteiger partial charge in [-0.05, 0) is 25.3 Å². The maximum atomic E-state index is 12.5. The topological polar surface area (TPSA) is 71.0 Å². The minimum Gasteiger partial charge on any atom is -0.341 e. The zero-order chi connectivity index (χ0) is 15.7. The fourth-order valence-corrected chi connectivity index (χ4v) is 3.08. The third kappa shape index (κ3) is 2.95. The number of fused-ring (bicyclic) bond motifs is 1. The summed E-state index contributed by atoms with van der Waals surface area (Å²) in [5.41, 5.74) is 0.908. The zero-order valence-electron chi connectivity index (χ0n) is 12.9. The minimum atomic E-state index is -0.238. The van der Waals surface area contributed by atoms with Crippen LogP contribution in [0.4, 0.5) is 0 Å². The van der Waals surface area contributed by atoms with Crippen molar-refractivity contribution in [1.29, 1.82) is 0 Å². The summed E-state index contributed by atoms with van der Waals surface area (Å²) in [7, 11) is 1.79. The summed E-state index contributed by atoms with van der Waals surface area (Å²) in [6.45, 7) is 3.35. The lowest BCUT2D eigenvalue weighted by molar-refractivity contribution is 0.0760. The molecule has 22 heavy (non-hydrogen) atoms. The van der Waals surface area contributed by atoms with E-state index in [-0.39, 0.29) is 11.5 Å². The van der Waals surface area contributed by atoms with Crippen molar-refractivity contribution in [2.24, 2.45) is 5.92 Å². The molecular weight excluding hydrogens is 280 g/mol. The van der Waals surface area contributed by atoms with Crippen molar-refractivity contribution in [2.45, 2.75) is 26.3 Å². The molecule has 0 aliphatic carbocycles. The Morgan fingerprint density at radius 3 is 3.09 bits per heavy atom. The van der Waals surface area contributed by atoms with Crippen LogP contribution in [-0.2, 0) is 13.0 Å².